The van der Waals surface area contributed by atoms with E-state index < -0.39 is 34.4 Å². The molecule has 0 saturated heterocycles. The van der Waals surface area contributed by atoms with Crippen LogP contribution in [0, 0.1) is 6.92 Å². The third-order valence-electron chi connectivity index (χ3n) is 5.26. The highest BCUT2D eigenvalue weighted by atomic mass is 32.2. The van der Waals surface area contributed by atoms with Crippen molar-refractivity contribution in [1.82, 2.24) is 14.5 Å². The molecule has 0 aliphatic carbocycles. The van der Waals surface area contributed by atoms with Gasteiger partial charge in [0.25, 0.3) is 15.9 Å². The van der Waals surface area contributed by atoms with Gasteiger partial charge in [0.1, 0.15) is 17.5 Å². The minimum Gasteiger partial charge on any atom is -0.352 e. The lowest BCUT2D eigenvalue weighted by Crippen LogP contribution is -2.52. The SMILES string of the molecule is Cc1ccc(CN(C(=O)CN2C(=O)c3ccccc3S2(=O)=O)[C@@H](C)C(=O)NC(C)C)cc1. The van der Waals surface area contributed by atoms with E-state index in [-0.39, 0.29) is 29.0 Å². The number of rotatable bonds is 7. The summed E-state index contributed by atoms with van der Waals surface area (Å²) in [6.07, 6.45) is 0. The van der Waals surface area contributed by atoms with Crippen molar-refractivity contribution in [2.45, 2.75) is 51.2 Å². The van der Waals surface area contributed by atoms with Gasteiger partial charge in [0.15, 0.2) is 0 Å². The van der Waals surface area contributed by atoms with Gasteiger partial charge in [-0.25, -0.2) is 12.7 Å². The highest BCUT2D eigenvalue weighted by molar-refractivity contribution is 7.90. The van der Waals surface area contributed by atoms with E-state index in [4.69, 9.17) is 0 Å². The van der Waals surface area contributed by atoms with Gasteiger partial charge >= 0.3 is 0 Å². The molecule has 0 bridgehead atoms. The number of sulfonamides is 1. The molecule has 0 spiro atoms. The summed E-state index contributed by atoms with van der Waals surface area (Å²) in [5.74, 6) is -1.75. The molecular formula is C23H27N3O5S. The van der Waals surface area contributed by atoms with E-state index in [2.05, 4.69) is 5.32 Å². The van der Waals surface area contributed by atoms with Gasteiger partial charge in [-0.15, -0.1) is 0 Å². The van der Waals surface area contributed by atoms with E-state index in [1.165, 1.54) is 23.1 Å². The predicted molar refractivity (Wildman–Crippen MR) is 119 cm³/mol. The van der Waals surface area contributed by atoms with Crippen molar-refractivity contribution < 1.29 is 22.8 Å². The first-order valence-corrected chi connectivity index (χ1v) is 11.8. The Morgan fingerprint density at radius 1 is 1.03 bits per heavy atom. The van der Waals surface area contributed by atoms with E-state index in [0.717, 1.165) is 11.1 Å². The lowest BCUT2D eigenvalue weighted by molar-refractivity contribution is -0.140. The fraction of sp³-hybridized carbons (Fsp3) is 0.348. The first kappa shape index (κ1) is 23.5. The number of hydrogen-bond donors (Lipinski definition) is 1. The van der Waals surface area contributed by atoms with Crippen LogP contribution < -0.4 is 5.32 Å². The van der Waals surface area contributed by atoms with Crippen LogP contribution in [0.3, 0.4) is 0 Å². The highest BCUT2D eigenvalue weighted by Gasteiger charge is 2.43. The van der Waals surface area contributed by atoms with Gasteiger partial charge in [0, 0.05) is 12.6 Å². The first-order chi connectivity index (χ1) is 15.0. The maximum Gasteiger partial charge on any atom is 0.269 e. The van der Waals surface area contributed by atoms with Crippen molar-refractivity contribution in [3.63, 3.8) is 0 Å². The van der Waals surface area contributed by atoms with E-state index in [9.17, 15) is 22.8 Å². The van der Waals surface area contributed by atoms with Gasteiger partial charge < -0.3 is 10.2 Å². The maximum atomic E-state index is 13.3. The molecule has 0 aromatic heterocycles. The van der Waals surface area contributed by atoms with Crippen LogP contribution in [0.25, 0.3) is 0 Å². The number of aryl methyl sites for hydroxylation is 1. The van der Waals surface area contributed by atoms with Crippen LogP contribution in [-0.4, -0.2) is 54.0 Å². The Balaban J connectivity index is 1.89. The monoisotopic (exact) mass is 457 g/mol. The number of carbonyl (C=O) groups is 3. The highest BCUT2D eigenvalue weighted by Crippen LogP contribution is 2.30. The second-order valence-corrected chi connectivity index (χ2v) is 9.99. The summed E-state index contributed by atoms with van der Waals surface area (Å²) in [6.45, 7) is 6.56. The molecule has 3 rings (SSSR count). The van der Waals surface area contributed by atoms with Crippen LogP contribution in [-0.2, 0) is 26.2 Å². The van der Waals surface area contributed by atoms with Crippen molar-refractivity contribution in [3.8, 4) is 0 Å². The zero-order valence-corrected chi connectivity index (χ0v) is 19.3. The molecule has 1 atom stereocenters. The summed E-state index contributed by atoms with van der Waals surface area (Å²) in [5.41, 5.74) is 1.87. The second-order valence-electron chi connectivity index (χ2n) is 8.16. The van der Waals surface area contributed by atoms with Crippen LogP contribution in [0.2, 0.25) is 0 Å². The van der Waals surface area contributed by atoms with Gasteiger partial charge in [-0.2, -0.15) is 0 Å². The maximum absolute atomic E-state index is 13.3. The molecule has 0 saturated carbocycles. The second kappa shape index (κ2) is 9.12. The average Bonchev–Trinajstić information content (AvgIpc) is 2.93. The Bertz CT molecular complexity index is 1140. The molecule has 1 aliphatic heterocycles. The number of amides is 3. The van der Waals surface area contributed by atoms with Gasteiger partial charge in [-0.1, -0.05) is 42.0 Å². The number of nitrogens with one attached hydrogen (secondary N) is 1. The fourth-order valence-corrected chi connectivity index (χ4v) is 5.00. The Hall–Kier alpha value is -3.20. The smallest absolute Gasteiger partial charge is 0.269 e. The Morgan fingerprint density at radius 3 is 2.25 bits per heavy atom. The standard InChI is InChI=1S/C23H27N3O5S/c1-15(2)24-22(28)17(4)25(13-18-11-9-16(3)10-12-18)21(27)14-26-23(29)19-7-5-6-8-20(19)32(26,30)31/h5-12,15,17H,13-14H2,1-4H3,(H,24,28)/t17-/m0/s1. The lowest BCUT2D eigenvalue weighted by atomic mass is 10.1. The number of nitrogens with zero attached hydrogens (tertiary/aromatic N) is 2. The third kappa shape index (κ3) is 4.67. The minimum absolute atomic E-state index is 0.0379. The van der Waals surface area contributed by atoms with E-state index in [0.29, 0.717) is 4.31 Å². The van der Waals surface area contributed by atoms with Crippen LogP contribution in [0.15, 0.2) is 53.4 Å². The molecule has 0 radical (unpaired) electrons. The molecule has 2 aromatic rings. The number of benzene rings is 2. The van der Waals surface area contributed by atoms with Crippen LogP contribution >= 0.6 is 0 Å². The molecule has 0 unspecified atom stereocenters. The first-order valence-electron chi connectivity index (χ1n) is 10.3. The molecule has 2 aromatic carbocycles. The molecular weight excluding hydrogens is 430 g/mol. The fourth-order valence-electron chi connectivity index (χ4n) is 3.48. The van der Waals surface area contributed by atoms with Gasteiger partial charge in [0.2, 0.25) is 11.8 Å². The van der Waals surface area contributed by atoms with Gasteiger partial charge in [-0.3, -0.25) is 14.4 Å². The van der Waals surface area contributed by atoms with Crippen molar-refractivity contribution in [2.75, 3.05) is 6.54 Å². The number of hydrogen-bond acceptors (Lipinski definition) is 5. The zero-order valence-electron chi connectivity index (χ0n) is 18.5. The molecule has 32 heavy (non-hydrogen) atoms. The summed E-state index contributed by atoms with van der Waals surface area (Å²) in [7, 11) is -4.13. The van der Waals surface area contributed by atoms with Crippen LogP contribution in [0.5, 0.6) is 0 Å². The molecule has 1 N–H and O–H groups in total. The lowest BCUT2D eigenvalue weighted by Gasteiger charge is -2.30. The van der Waals surface area contributed by atoms with E-state index >= 15 is 0 Å². The number of carbonyl (C=O) groups excluding carboxylic acids is 3. The minimum atomic E-state index is -4.13. The normalized spacial score (nSPS) is 15.4. The average molecular weight is 458 g/mol. The van der Waals surface area contributed by atoms with Crippen molar-refractivity contribution in [3.05, 3.63) is 65.2 Å². The van der Waals surface area contributed by atoms with Crippen molar-refractivity contribution in [2.24, 2.45) is 0 Å². The summed E-state index contributed by atoms with van der Waals surface area (Å²) in [6, 6.07) is 12.3. The quantitative estimate of drug-likeness (QED) is 0.686. The molecule has 0 fully saturated rings. The molecule has 9 heteroatoms. The molecule has 170 valence electrons. The Kier molecular flexibility index (Phi) is 6.68. The van der Waals surface area contributed by atoms with Gasteiger partial charge in [0.05, 0.1) is 5.56 Å². The van der Waals surface area contributed by atoms with E-state index in [1.807, 2.05) is 45.0 Å². The largest absolute Gasteiger partial charge is 0.352 e. The molecule has 3 amide bonds. The Labute approximate surface area is 188 Å². The summed E-state index contributed by atoms with van der Waals surface area (Å²) < 4.78 is 26.3. The van der Waals surface area contributed by atoms with Gasteiger partial charge in [-0.05, 0) is 45.4 Å². The molecule has 8 nitrogen and oxygen atoms in total. The number of fused-ring (bicyclic) bond motifs is 1. The summed E-state index contributed by atoms with van der Waals surface area (Å²) in [5, 5.41) is 2.77. The third-order valence-corrected chi connectivity index (χ3v) is 7.05. The van der Waals surface area contributed by atoms with Crippen LogP contribution in [0.1, 0.15) is 42.3 Å². The summed E-state index contributed by atoms with van der Waals surface area (Å²) in [4.78, 5) is 39.8. The molecule has 1 heterocycles. The van der Waals surface area contributed by atoms with Crippen molar-refractivity contribution >= 4 is 27.7 Å². The molecule has 1 aliphatic rings. The predicted octanol–water partition coefficient (Wildman–Crippen LogP) is 2.08. The van der Waals surface area contributed by atoms with E-state index in [1.54, 1.807) is 13.0 Å². The zero-order chi connectivity index (χ0) is 23.6. The Morgan fingerprint density at radius 2 is 1.66 bits per heavy atom. The van der Waals surface area contributed by atoms with Crippen LogP contribution in [0.4, 0.5) is 0 Å². The van der Waals surface area contributed by atoms with Crippen molar-refractivity contribution in [1.29, 1.82) is 0 Å². The topological polar surface area (TPSA) is 104 Å². The summed E-state index contributed by atoms with van der Waals surface area (Å²) >= 11 is 0.